The molecule has 0 spiro atoms. The first-order chi connectivity index (χ1) is 8.74. The van der Waals surface area contributed by atoms with Crippen LogP contribution < -0.4 is 4.90 Å². The van der Waals surface area contributed by atoms with E-state index in [-0.39, 0.29) is 11.8 Å². The number of aryl methyl sites for hydroxylation is 1. The topological polar surface area (TPSA) is 20.3 Å². The molecule has 1 amide bonds. The molecule has 92 valence electrons. The van der Waals surface area contributed by atoms with Crippen LogP contribution in [0.4, 0.5) is 11.4 Å². The Morgan fingerprint density at radius 3 is 2.28 bits per heavy atom. The molecule has 2 aromatic rings. The average molecular weight is 260 g/mol. The maximum absolute atomic E-state index is 12.1. The van der Waals surface area contributed by atoms with Crippen LogP contribution in [0.2, 0.25) is 0 Å². The highest BCUT2D eigenvalue weighted by Crippen LogP contribution is 2.28. The van der Waals surface area contributed by atoms with Gasteiger partial charge in [-0.2, -0.15) is 0 Å². The summed E-state index contributed by atoms with van der Waals surface area (Å²) in [5, 5.41) is 0. The number of carbonyl (C=O) groups excluding carboxylic acids is 1. The summed E-state index contributed by atoms with van der Waals surface area (Å²) in [7, 11) is 0. The summed E-state index contributed by atoms with van der Waals surface area (Å²) in [6.45, 7) is 1.98. The lowest BCUT2D eigenvalue weighted by atomic mass is 10.1. The highest BCUT2D eigenvalue weighted by Gasteiger charge is 2.17. The lowest BCUT2D eigenvalue weighted by molar-refractivity contribution is -0.115. The minimum absolute atomic E-state index is 0.0385. The molecule has 0 heterocycles. The molecule has 0 N–H and O–H groups in total. The molecule has 0 aliphatic rings. The van der Waals surface area contributed by atoms with Crippen LogP contribution >= 0.6 is 11.6 Å². The van der Waals surface area contributed by atoms with Crippen LogP contribution in [-0.4, -0.2) is 11.8 Å². The molecule has 0 atom stereocenters. The number of anilines is 2. The van der Waals surface area contributed by atoms with Crippen LogP contribution in [0.15, 0.2) is 54.6 Å². The van der Waals surface area contributed by atoms with Crippen molar-refractivity contribution in [2.75, 3.05) is 10.8 Å². The fraction of sp³-hybridized carbons (Fsp3) is 0.133. The lowest BCUT2D eigenvalue weighted by Gasteiger charge is -2.23. The molecule has 0 bridgehead atoms. The Hall–Kier alpha value is -1.80. The van der Waals surface area contributed by atoms with E-state index in [1.165, 1.54) is 0 Å². The van der Waals surface area contributed by atoms with Crippen LogP contribution in [-0.2, 0) is 4.79 Å². The summed E-state index contributed by atoms with van der Waals surface area (Å²) in [5.74, 6) is -0.166. The minimum Gasteiger partial charge on any atom is -0.280 e. The summed E-state index contributed by atoms with van der Waals surface area (Å²) in [6, 6.07) is 17.3. The molecule has 2 aromatic carbocycles. The number of hydrogen-bond donors (Lipinski definition) is 0. The van der Waals surface area contributed by atoms with Crippen molar-refractivity contribution < 1.29 is 4.79 Å². The third-order valence-corrected chi connectivity index (χ3v) is 2.96. The minimum atomic E-state index is -0.128. The molecule has 2 rings (SSSR count). The van der Waals surface area contributed by atoms with Gasteiger partial charge in [0.2, 0.25) is 5.91 Å². The van der Waals surface area contributed by atoms with E-state index in [9.17, 15) is 4.79 Å². The Morgan fingerprint density at radius 2 is 1.67 bits per heavy atom. The second-order valence-electron chi connectivity index (χ2n) is 3.98. The summed E-state index contributed by atoms with van der Waals surface area (Å²) < 4.78 is 0. The highest BCUT2D eigenvalue weighted by molar-refractivity contribution is 6.30. The number of benzene rings is 2. The first-order valence-electron chi connectivity index (χ1n) is 5.73. The number of hydrogen-bond acceptors (Lipinski definition) is 1. The Balaban J connectivity index is 2.51. The van der Waals surface area contributed by atoms with Crippen molar-refractivity contribution in [3.8, 4) is 0 Å². The number of alkyl halides is 1. The van der Waals surface area contributed by atoms with E-state index in [2.05, 4.69) is 0 Å². The molecule has 18 heavy (non-hydrogen) atoms. The number of para-hydroxylation sites is 2. The van der Waals surface area contributed by atoms with Crippen LogP contribution in [0.1, 0.15) is 5.56 Å². The van der Waals surface area contributed by atoms with Gasteiger partial charge in [0, 0.05) is 5.69 Å². The molecule has 0 aliphatic carbocycles. The third kappa shape index (κ3) is 2.54. The fourth-order valence-corrected chi connectivity index (χ4v) is 1.99. The Kier molecular flexibility index (Phi) is 4.00. The molecule has 3 heteroatoms. The molecule has 2 nitrogen and oxygen atoms in total. The van der Waals surface area contributed by atoms with Gasteiger partial charge in [-0.05, 0) is 30.7 Å². The molecular formula is C15H14ClNO. The molecular weight excluding hydrogens is 246 g/mol. The van der Waals surface area contributed by atoms with Crippen LogP contribution in [0.25, 0.3) is 0 Å². The fourth-order valence-electron chi connectivity index (χ4n) is 1.87. The highest BCUT2D eigenvalue weighted by atomic mass is 35.5. The number of amides is 1. The van der Waals surface area contributed by atoms with Gasteiger partial charge in [-0.3, -0.25) is 9.69 Å². The molecule has 0 fully saturated rings. The van der Waals surface area contributed by atoms with Crippen LogP contribution in [0.5, 0.6) is 0 Å². The van der Waals surface area contributed by atoms with Gasteiger partial charge < -0.3 is 0 Å². The summed E-state index contributed by atoms with van der Waals surface area (Å²) >= 11 is 5.71. The van der Waals surface area contributed by atoms with Crippen molar-refractivity contribution in [1.82, 2.24) is 0 Å². The summed E-state index contributed by atoms with van der Waals surface area (Å²) in [4.78, 5) is 13.7. The van der Waals surface area contributed by atoms with Gasteiger partial charge >= 0.3 is 0 Å². The molecule has 0 aliphatic heterocycles. The summed E-state index contributed by atoms with van der Waals surface area (Å²) in [6.07, 6.45) is 0. The predicted molar refractivity (Wildman–Crippen MR) is 75.5 cm³/mol. The van der Waals surface area contributed by atoms with Crippen molar-refractivity contribution in [2.45, 2.75) is 6.92 Å². The zero-order valence-corrected chi connectivity index (χ0v) is 10.9. The molecule has 0 radical (unpaired) electrons. The molecule has 0 saturated carbocycles. The van der Waals surface area contributed by atoms with Crippen LogP contribution in [0, 0.1) is 6.92 Å². The van der Waals surface area contributed by atoms with Crippen molar-refractivity contribution in [2.24, 2.45) is 0 Å². The number of nitrogens with zero attached hydrogens (tertiary/aromatic N) is 1. The quantitative estimate of drug-likeness (QED) is 0.766. The van der Waals surface area contributed by atoms with Gasteiger partial charge in [0.05, 0.1) is 5.69 Å². The second-order valence-corrected chi connectivity index (χ2v) is 4.25. The smallest absolute Gasteiger partial charge is 0.246 e. The van der Waals surface area contributed by atoms with Crippen molar-refractivity contribution in [3.05, 3.63) is 60.2 Å². The predicted octanol–water partition coefficient (Wildman–Crippen LogP) is 3.90. The van der Waals surface area contributed by atoms with Gasteiger partial charge in [-0.25, -0.2) is 0 Å². The van der Waals surface area contributed by atoms with Gasteiger partial charge in [0.1, 0.15) is 5.88 Å². The average Bonchev–Trinajstić information content (AvgIpc) is 2.42. The summed E-state index contributed by atoms with van der Waals surface area (Å²) in [5.41, 5.74) is 2.74. The van der Waals surface area contributed by atoms with Gasteiger partial charge in [-0.1, -0.05) is 36.4 Å². The normalized spacial score (nSPS) is 10.1. The maximum Gasteiger partial charge on any atom is 0.246 e. The first-order valence-corrected chi connectivity index (χ1v) is 6.27. The number of carbonyl (C=O) groups is 1. The largest absolute Gasteiger partial charge is 0.280 e. The van der Waals surface area contributed by atoms with Crippen molar-refractivity contribution in [1.29, 1.82) is 0 Å². The lowest BCUT2D eigenvalue weighted by Crippen LogP contribution is -2.27. The number of rotatable bonds is 3. The van der Waals surface area contributed by atoms with Crippen LogP contribution in [0.3, 0.4) is 0 Å². The first kappa shape index (κ1) is 12.7. The van der Waals surface area contributed by atoms with E-state index in [4.69, 9.17) is 11.6 Å². The van der Waals surface area contributed by atoms with Crippen molar-refractivity contribution in [3.63, 3.8) is 0 Å². The molecule has 0 unspecified atom stereocenters. The van der Waals surface area contributed by atoms with E-state index < -0.39 is 0 Å². The Bertz CT molecular complexity index is 539. The molecule has 0 aromatic heterocycles. The zero-order chi connectivity index (χ0) is 13.0. The van der Waals surface area contributed by atoms with Gasteiger partial charge in [0.15, 0.2) is 0 Å². The Morgan fingerprint density at radius 1 is 1.06 bits per heavy atom. The molecule has 0 saturated heterocycles. The van der Waals surface area contributed by atoms with E-state index in [0.717, 1.165) is 16.9 Å². The monoisotopic (exact) mass is 259 g/mol. The van der Waals surface area contributed by atoms with E-state index in [1.807, 2.05) is 61.5 Å². The second kappa shape index (κ2) is 5.69. The van der Waals surface area contributed by atoms with E-state index >= 15 is 0 Å². The zero-order valence-electron chi connectivity index (χ0n) is 10.1. The Labute approximate surface area is 112 Å². The third-order valence-electron chi connectivity index (χ3n) is 2.73. The SMILES string of the molecule is Cc1ccccc1N(C(=O)CCl)c1ccccc1. The van der Waals surface area contributed by atoms with Crippen molar-refractivity contribution >= 4 is 28.9 Å². The van der Waals surface area contributed by atoms with E-state index in [0.29, 0.717) is 0 Å². The maximum atomic E-state index is 12.1. The van der Waals surface area contributed by atoms with Gasteiger partial charge in [-0.15, -0.1) is 11.6 Å². The van der Waals surface area contributed by atoms with E-state index in [1.54, 1.807) is 4.90 Å². The van der Waals surface area contributed by atoms with Gasteiger partial charge in [0.25, 0.3) is 0 Å². The standard InChI is InChI=1S/C15H14ClNO/c1-12-7-5-6-10-14(12)17(15(18)11-16)13-8-3-2-4-9-13/h2-10H,11H2,1H3. The number of halogens is 1.